The average molecular weight is 334 g/mol. The maximum Gasteiger partial charge on any atom is 0.128 e. The van der Waals surface area contributed by atoms with E-state index in [4.69, 9.17) is 0 Å². The molecule has 1 N–H and O–H groups in total. The molecule has 0 spiro atoms. The van der Waals surface area contributed by atoms with Gasteiger partial charge in [0.2, 0.25) is 0 Å². The minimum absolute atomic E-state index is 0.0194. The van der Waals surface area contributed by atoms with Crippen molar-refractivity contribution in [3.05, 3.63) is 70.1 Å². The van der Waals surface area contributed by atoms with Crippen LogP contribution in [0.15, 0.2) is 53.1 Å². The normalized spacial score (nSPS) is 11.2. The van der Waals surface area contributed by atoms with Crippen molar-refractivity contribution in [1.82, 2.24) is 4.57 Å². The molecule has 102 valence electrons. The quantitative estimate of drug-likeness (QED) is 0.767. The van der Waals surface area contributed by atoms with E-state index in [0.717, 1.165) is 20.9 Å². The number of fused-ring (bicyclic) bond motifs is 1. The third-order valence-corrected chi connectivity index (χ3v) is 3.88. The topological polar surface area (TPSA) is 25.2 Å². The van der Waals surface area contributed by atoms with Gasteiger partial charge in [-0.1, -0.05) is 34.1 Å². The third-order valence-electron chi connectivity index (χ3n) is 3.39. The molecule has 1 heterocycles. The highest BCUT2D eigenvalue weighted by Crippen LogP contribution is 2.24. The molecule has 0 fully saturated rings. The summed E-state index contributed by atoms with van der Waals surface area (Å²) < 4.78 is 16.7. The highest BCUT2D eigenvalue weighted by Gasteiger charge is 2.10. The number of aromatic nitrogens is 1. The number of para-hydroxylation sites is 1. The second kappa shape index (κ2) is 5.38. The van der Waals surface area contributed by atoms with E-state index in [2.05, 4.69) is 15.9 Å². The van der Waals surface area contributed by atoms with Crippen molar-refractivity contribution in [3.8, 4) is 0 Å². The summed E-state index contributed by atoms with van der Waals surface area (Å²) in [5, 5.41) is 10.4. The number of rotatable bonds is 3. The van der Waals surface area contributed by atoms with Crippen LogP contribution in [0.1, 0.15) is 11.1 Å². The van der Waals surface area contributed by atoms with Gasteiger partial charge in [-0.15, -0.1) is 0 Å². The van der Waals surface area contributed by atoms with Crippen molar-refractivity contribution in [2.45, 2.75) is 13.2 Å². The summed E-state index contributed by atoms with van der Waals surface area (Å²) >= 11 is 3.36. The van der Waals surface area contributed by atoms with Crippen LogP contribution in [-0.4, -0.2) is 9.67 Å². The Labute approximate surface area is 124 Å². The third kappa shape index (κ3) is 2.37. The van der Waals surface area contributed by atoms with Crippen molar-refractivity contribution in [1.29, 1.82) is 0 Å². The molecule has 0 aliphatic rings. The lowest BCUT2D eigenvalue weighted by atomic mass is 10.2. The van der Waals surface area contributed by atoms with Gasteiger partial charge >= 0.3 is 0 Å². The van der Waals surface area contributed by atoms with Gasteiger partial charge in [0.15, 0.2) is 0 Å². The minimum Gasteiger partial charge on any atom is -0.392 e. The fourth-order valence-electron chi connectivity index (χ4n) is 2.43. The van der Waals surface area contributed by atoms with Crippen LogP contribution in [0.5, 0.6) is 0 Å². The molecule has 1 aromatic heterocycles. The summed E-state index contributed by atoms with van der Waals surface area (Å²) in [7, 11) is 0. The van der Waals surface area contributed by atoms with Crippen LogP contribution in [0.25, 0.3) is 10.9 Å². The lowest BCUT2D eigenvalue weighted by Gasteiger charge is -2.07. The molecule has 4 heteroatoms. The van der Waals surface area contributed by atoms with E-state index in [0.29, 0.717) is 12.1 Å². The maximum atomic E-state index is 13.9. The van der Waals surface area contributed by atoms with Gasteiger partial charge in [0.05, 0.1) is 13.2 Å². The van der Waals surface area contributed by atoms with Gasteiger partial charge in [-0.05, 0) is 24.3 Å². The number of hydrogen-bond donors (Lipinski definition) is 1. The fraction of sp³-hybridized carbons (Fsp3) is 0.125. The zero-order chi connectivity index (χ0) is 14.1. The van der Waals surface area contributed by atoms with Crippen molar-refractivity contribution >= 4 is 26.8 Å². The number of aliphatic hydroxyl groups excluding tert-OH is 1. The van der Waals surface area contributed by atoms with E-state index in [1.807, 2.05) is 35.0 Å². The van der Waals surface area contributed by atoms with Crippen molar-refractivity contribution in [2.75, 3.05) is 0 Å². The Morgan fingerprint density at radius 3 is 2.70 bits per heavy atom. The fourth-order valence-corrected chi connectivity index (χ4v) is 2.84. The van der Waals surface area contributed by atoms with Gasteiger partial charge in [-0.3, -0.25) is 0 Å². The molecule has 0 atom stereocenters. The lowest BCUT2D eigenvalue weighted by Crippen LogP contribution is -2.00. The Kier molecular flexibility index (Phi) is 3.59. The number of halogens is 2. The molecular weight excluding hydrogens is 321 g/mol. The van der Waals surface area contributed by atoms with Gasteiger partial charge in [-0.2, -0.15) is 0 Å². The second-order valence-corrected chi connectivity index (χ2v) is 5.61. The first kappa shape index (κ1) is 13.3. The molecule has 0 radical (unpaired) electrons. The number of hydrogen-bond acceptors (Lipinski definition) is 1. The largest absolute Gasteiger partial charge is 0.392 e. The van der Waals surface area contributed by atoms with Crippen molar-refractivity contribution in [2.24, 2.45) is 0 Å². The molecule has 20 heavy (non-hydrogen) atoms. The van der Waals surface area contributed by atoms with Gasteiger partial charge in [0, 0.05) is 32.7 Å². The Morgan fingerprint density at radius 1 is 1.10 bits per heavy atom. The van der Waals surface area contributed by atoms with Gasteiger partial charge in [0.25, 0.3) is 0 Å². The zero-order valence-electron chi connectivity index (χ0n) is 10.7. The standard InChI is InChI=1S/C16H13BrFNO/c17-13-5-6-15(18)11(7-13)8-19-9-12(10-20)14-3-1-2-4-16(14)19/h1-7,9,20H,8,10H2. The minimum atomic E-state index is -0.225. The van der Waals surface area contributed by atoms with Gasteiger partial charge in [0.1, 0.15) is 5.82 Å². The molecule has 0 aliphatic carbocycles. The zero-order valence-corrected chi connectivity index (χ0v) is 12.3. The second-order valence-electron chi connectivity index (χ2n) is 4.69. The van der Waals surface area contributed by atoms with Gasteiger partial charge < -0.3 is 9.67 Å². The van der Waals surface area contributed by atoms with Crippen molar-refractivity contribution in [3.63, 3.8) is 0 Å². The molecule has 3 rings (SSSR count). The Balaban J connectivity index is 2.09. The van der Waals surface area contributed by atoms with Crippen LogP contribution >= 0.6 is 15.9 Å². The smallest absolute Gasteiger partial charge is 0.128 e. The van der Waals surface area contributed by atoms with E-state index in [9.17, 15) is 9.50 Å². The first-order chi connectivity index (χ1) is 9.69. The van der Waals surface area contributed by atoms with E-state index in [1.165, 1.54) is 6.07 Å². The molecule has 3 aromatic rings. The predicted octanol–water partition coefficient (Wildman–Crippen LogP) is 4.08. The number of benzene rings is 2. The SMILES string of the molecule is OCc1cn(Cc2cc(Br)ccc2F)c2ccccc12. The van der Waals surface area contributed by atoms with E-state index in [-0.39, 0.29) is 12.4 Å². The highest BCUT2D eigenvalue weighted by atomic mass is 79.9. The molecule has 2 aromatic carbocycles. The Bertz CT molecular complexity index is 766. The molecule has 0 saturated carbocycles. The van der Waals surface area contributed by atoms with E-state index in [1.54, 1.807) is 12.1 Å². The lowest BCUT2D eigenvalue weighted by molar-refractivity contribution is 0.283. The molecule has 2 nitrogen and oxygen atoms in total. The van der Waals surface area contributed by atoms with Crippen LogP contribution < -0.4 is 0 Å². The molecule has 0 aliphatic heterocycles. The average Bonchev–Trinajstić information content (AvgIpc) is 2.81. The summed E-state index contributed by atoms with van der Waals surface area (Å²) in [6.45, 7) is 0.417. The summed E-state index contributed by atoms with van der Waals surface area (Å²) in [6.07, 6.45) is 1.88. The van der Waals surface area contributed by atoms with Crippen LogP contribution in [0.3, 0.4) is 0 Å². The molecular formula is C16H13BrFNO. The summed E-state index contributed by atoms with van der Waals surface area (Å²) in [5.41, 5.74) is 2.47. The molecule has 0 unspecified atom stereocenters. The van der Waals surface area contributed by atoms with Crippen LogP contribution in [0, 0.1) is 5.82 Å². The number of nitrogens with zero attached hydrogens (tertiary/aromatic N) is 1. The summed E-state index contributed by atoms with van der Waals surface area (Å²) in [4.78, 5) is 0. The van der Waals surface area contributed by atoms with Gasteiger partial charge in [-0.25, -0.2) is 4.39 Å². The first-order valence-corrected chi connectivity index (χ1v) is 7.10. The molecule has 0 saturated heterocycles. The van der Waals surface area contributed by atoms with Crippen molar-refractivity contribution < 1.29 is 9.50 Å². The van der Waals surface area contributed by atoms with Crippen LogP contribution in [0.2, 0.25) is 0 Å². The Hall–Kier alpha value is -1.65. The molecule has 0 amide bonds. The van der Waals surface area contributed by atoms with E-state index < -0.39 is 0 Å². The predicted molar refractivity (Wildman–Crippen MR) is 81.1 cm³/mol. The Morgan fingerprint density at radius 2 is 1.90 bits per heavy atom. The first-order valence-electron chi connectivity index (χ1n) is 6.30. The maximum absolute atomic E-state index is 13.9. The highest BCUT2D eigenvalue weighted by molar-refractivity contribution is 9.10. The van der Waals surface area contributed by atoms with Crippen LogP contribution in [-0.2, 0) is 13.2 Å². The summed E-state index contributed by atoms with van der Waals surface area (Å²) in [6, 6.07) is 12.7. The van der Waals surface area contributed by atoms with E-state index >= 15 is 0 Å². The molecule has 0 bridgehead atoms. The number of aliphatic hydroxyl groups is 1. The monoisotopic (exact) mass is 333 g/mol. The summed E-state index contributed by atoms with van der Waals surface area (Å²) in [5.74, 6) is -0.225. The van der Waals surface area contributed by atoms with Crippen LogP contribution in [0.4, 0.5) is 4.39 Å².